The Bertz CT molecular complexity index is 2690. The van der Waals surface area contributed by atoms with Crippen LogP contribution in [0.1, 0.15) is 60.8 Å². The predicted molar refractivity (Wildman–Crippen MR) is 260 cm³/mol. The Balaban J connectivity index is 0.975. The van der Waals surface area contributed by atoms with Crippen LogP contribution < -0.4 is 10.6 Å². The second-order valence-corrected chi connectivity index (χ2v) is 19.6. The van der Waals surface area contributed by atoms with Gasteiger partial charge < -0.3 is 29.6 Å². The van der Waals surface area contributed by atoms with Crippen LogP contribution in [-0.4, -0.2) is 87.4 Å². The number of amides is 2. The molecule has 2 heterocycles. The third kappa shape index (κ3) is 14.3. The third-order valence-electron chi connectivity index (χ3n) is 11.8. The molecular formula is C52H56N4O12S2. The van der Waals surface area contributed by atoms with Crippen molar-refractivity contribution in [2.75, 3.05) is 19.7 Å². The molecule has 4 unspecified atom stereocenters. The minimum absolute atomic E-state index is 0.0424. The highest BCUT2D eigenvalue weighted by molar-refractivity contribution is 7.89. The highest BCUT2D eigenvalue weighted by atomic mass is 32.2. The molecular weight excluding hydrogens is 937 g/mol. The molecule has 16 nitrogen and oxygen atoms in total. The summed E-state index contributed by atoms with van der Waals surface area (Å²) in [6.45, 7) is -0.00652. The van der Waals surface area contributed by atoms with Crippen LogP contribution in [0.4, 0.5) is 0 Å². The Morgan fingerprint density at radius 1 is 0.643 bits per heavy atom. The molecule has 0 aliphatic carbocycles. The molecule has 5 aromatic rings. The van der Waals surface area contributed by atoms with Crippen molar-refractivity contribution in [3.63, 3.8) is 0 Å². The fourth-order valence-electron chi connectivity index (χ4n) is 8.05. The van der Waals surface area contributed by atoms with Crippen molar-refractivity contribution >= 4 is 45.0 Å². The largest absolute Gasteiger partial charge is 0.494 e. The van der Waals surface area contributed by atoms with E-state index in [1.807, 2.05) is 91.0 Å². The molecule has 2 saturated heterocycles. The number of ether oxygens (including phenoxy) is 4. The second-order valence-electron chi connectivity index (χ2n) is 16.8. The number of sulfonamides is 1. The van der Waals surface area contributed by atoms with Crippen LogP contribution in [0.3, 0.4) is 0 Å². The summed E-state index contributed by atoms with van der Waals surface area (Å²) in [6, 6.07) is 38.0. The van der Waals surface area contributed by atoms with Gasteiger partial charge in [0.15, 0.2) is 11.7 Å². The van der Waals surface area contributed by atoms with Gasteiger partial charge in [-0.25, -0.2) is 22.2 Å². The quantitative estimate of drug-likeness (QED) is 0.0310. The van der Waals surface area contributed by atoms with Gasteiger partial charge in [0.25, 0.3) is 0 Å². The van der Waals surface area contributed by atoms with Crippen molar-refractivity contribution in [1.29, 1.82) is 0 Å². The molecule has 0 bridgehead atoms. The summed E-state index contributed by atoms with van der Waals surface area (Å²) in [5.41, 5.74) is 4.24. The van der Waals surface area contributed by atoms with Crippen LogP contribution in [0.25, 0.3) is 11.1 Å². The Kier molecular flexibility index (Phi) is 18.6. The summed E-state index contributed by atoms with van der Waals surface area (Å²) in [7, 11) is -4.12. The minimum Gasteiger partial charge on any atom is -0.494 e. The second kappa shape index (κ2) is 25.4. The molecule has 0 radical (unpaired) electrons. The van der Waals surface area contributed by atoms with Gasteiger partial charge in [0.05, 0.1) is 18.1 Å². The number of benzene rings is 5. The van der Waals surface area contributed by atoms with E-state index in [0.717, 1.165) is 28.5 Å². The maximum absolute atomic E-state index is 14.0. The Hall–Kier alpha value is -6.54. The monoisotopic (exact) mass is 992 g/mol. The zero-order valence-electron chi connectivity index (χ0n) is 38.4. The van der Waals surface area contributed by atoms with Gasteiger partial charge in [-0.1, -0.05) is 140 Å². The highest BCUT2D eigenvalue weighted by Gasteiger charge is 2.39. The van der Waals surface area contributed by atoms with Gasteiger partial charge in [0.1, 0.15) is 38.2 Å². The molecule has 5 aromatic carbocycles. The maximum atomic E-state index is 14.0. The SMILES string of the molecule is O=C(OCc1ccc(COC(=O)C(COCc2ccccc2)NC(=O)C2CCCCN2S(=O)O)cc1)C(=COCc1ccccc1)NC(=O)C1CCCCN1S(=O)(=O)c1ccc(-c2ccccc2)cc1. The van der Waals surface area contributed by atoms with E-state index < -0.39 is 63.2 Å². The average molecular weight is 993 g/mol. The standard InChI is InChI=1S/C52H56N4O12S2/c57-49(47-20-10-12-30-55(47)69(61)62)53-45(36-65-32-38-14-4-1-5-15-38)51(59)67-34-40-22-24-41(25-23-40)35-68-52(60)46(37-66-33-39-16-6-2-7-17-39)54-50(58)48-21-11-13-31-56(48)70(63,64)44-28-26-43(27-29-44)42-18-8-3-9-19-42/h1-9,14-19,22-29,37,45,47-48H,10-13,20-21,30-36H2,(H,53,57)(H,54,58)(H,61,62). The highest BCUT2D eigenvalue weighted by Crippen LogP contribution is 2.28. The lowest BCUT2D eigenvalue weighted by atomic mass is 10.0. The van der Waals surface area contributed by atoms with Crippen molar-refractivity contribution < 1.29 is 55.3 Å². The van der Waals surface area contributed by atoms with Gasteiger partial charge in [-0.05, 0) is 71.2 Å². The third-order valence-corrected chi connectivity index (χ3v) is 14.6. The molecule has 0 spiro atoms. The number of carbonyl (C=O) groups is 4. The number of nitrogens with zero attached hydrogens (tertiary/aromatic N) is 2. The molecule has 0 aromatic heterocycles. The molecule has 368 valence electrons. The predicted octanol–water partition coefficient (Wildman–Crippen LogP) is 6.55. The van der Waals surface area contributed by atoms with Crippen LogP contribution >= 0.6 is 0 Å². The van der Waals surface area contributed by atoms with Crippen LogP contribution in [0, 0.1) is 0 Å². The first-order valence-electron chi connectivity index (χ1n) is 23.0. The van der Waals surface area contributed by atoms with Crippen LogP contribution in [0.15, 0.2) is 156 Å². The molecule has 18 heteroatoms. The van der Waals surface area contributed by atoms with Gasteiger partial charge in [0, 0.05) is 13.1 Å². The van der Waals surface area contributed by atoms with Crippen molar-refractivity contribution in [2.45, 2.75) is 88.0 Å². The molecule has 4 atom stereocenters. The first-order valence-corrected chi connectivity index (χ1v) is 25.5. The number of hydrogen-bond donors (Lipinski definition) is 3. The summed E-state index contributed by atoms with van der Waals surface area (Å²) in [6.07, 6.45) is 4.15. The normalized spacial score (nSPS) is 17.6. The van der Waals surface area contributed by atoms with Crippen LogP contribution in [0.5, 0.6) is 0 Å². The lowest BCUT2D eigenvalue weighted by molar-refractivity contribution is -0.151. The summed E-state index contributed by atoms with van der Waals surface area (Å²) in [5.74, 6) is -2.99. The molecule has 0 saturated carbocycles. The lowest BCUT2D eigenvalue weighted by Crippen LogP contribution is -2.54. The van der Waals surface area contributed by atoms with Crippen molar-refractivity contribution in [2.24, 2.45) is 0 Å². The Morgan fingerprint density at radius 3 is 1.81 bits per heavy atom. The zero-order valence-corrected chi connectivity index (χ0v) is 40.1. The smallest absolute Gasteiger partial charge is 0.358 e. The summed E-state index contributed by atoms with van der Waals surface area (Å²) < 4.78 is 75.0. The summed E-state index contributed by atoms with van der Waals surface area (Å²) in [4.78, 5) is 54.5. The van der Waals surface area contributed by atoms with E-state index >= 15 is 0 Å². The van der Waals surface area contributed by atoms with Crippen LogP contribution in [-0.2, 0) is 85.8 Å². The maximum Gasteiger partial charge on any atom is 0.358 e. The fraction of sp³-hybridized carbons (Fsp3) is 0.308. The van der Waals surface area contributed by atoms with E-state index in [9.17, 15) is 36.4 Å². The number of nitrogens with one attached hydrogen (secondary N) is 2. The number of piperidine rings is 2. The van der Waals surface area contributed by atoms with Gasteiger partial charge in [0.2, 0.25) is 33.1 Å². The number of carbonyl (C=O) groups excluding carboxylic acids is 4. The van der Waals surface area contributed by atoms with Crippen molar-refractivity contribution in [3.8, 4) is 11.1 Å². The summed E-state index contributed by atoms with van der Waals surface area (Å²) in [5, 5.41) is 5.27. The number of hydrogen-bond acceptors (Lipinski definition) is 11. The molecule has 3 N–H and O–H groups in total. The van der Waals surface area contributed by atoms with Gasteiger partial charge in [-0.2, -0.15) is 8.61 Å². The van der Waals surface area contributed by atoms with E-state index in [-0.39, 0.29) is 63.1 Å². The molecule has 2 amide bonds. The fourth-order valence-corrected chi connectivity index (χ4v) is 10.4. The van der Waals surface area contributed by atoms with E-state index in [0.29, 0.717) is 43.2 Å². The molecule has 2 aliphatic rings. The van der Waals surface area contributed by atoms with E-state index in [1.54, 1.807) is 36.4 Å². The molecule has 70 heavy (non-hydrogen) atoms. The minimum atomic E-state index is -4.12. The number of rotatable bonds is 21. The Labute approximate surface area is 410 Å². The first-order chi connectivity index (χ1) is 34.0. The molecule has 2 fully saturated rings. The van der Waals surface area contributed by atoms with Gasteiger partial charge >= 0.3 is 11.9 Å². The van der Waals surface area contributed by atoms with Crippen molar-refractivity contribution in [1.82, 2.24) is 19.2 Å². The Morgan fingerprint density at radius 2 is 1.19 bits per heavy atom. The van der Waals surface area contributed by atoms with Gasteiger partial charge in [-0.3, -0.25) is 14.1 Å². The van der Waals surface area contributed by atoms with Gasteiger partial charge in [-0.15, -0.1) is 0 Å². The molecule has 2 aliphatic heterocycles. The zero-order chi connectivity index (χ0) is 49.3. The topological polar surface area (TPSA) is 207 Å². The average Bonchev–Trinajstić information content (AvgIpc) is 3.40. The van der Waals surface area contributed by atoms with E-state index in [4.69, 9.17) is 18.9 Å². The van der Waals surface area contributed by atoms with E-state index in [2.05, 4.69) is 10.6 Å². The van der Waals surface area contributed by atoms with E-state index in [1.165, 1.54) is 20.7 Å². The molecule has 7 rings (SSSR count). The van der Waals surface area contributed by atoms with Crippen LogP contribution in [0.2, 0.25) is 0 Å². The van der Waals surface area contributed by atoms with Crippen molar-refractivity contribution in [3.05, 3.63) is 174 Å². The number of esters is 2. The lowest BCUT2D eigenvalue weighted by Gasteiger charge is -2.33. The first kappa shape index (κ1) is 51.3. The summed E-state index contributed by atoms with van der Waals surface area (Å²) >= 11 is -2.37.